The zero-order chi connectivity index (χ0) is 15.4. The van der Waals surface area contributed by atoms with Crippen molar-refractivity contribution in [3.63, 3.8) is 0 Å². The molecule has 0 aliphatic heterocycles. The number of methoxy groups -OCH3 is 2. The van der Waals surface area contributed by atoms with Gasteiger partial charge in [-0.15, -0.1) is 0 Å². The Kier molecular flexibility index (Phi) is 4.18. The number of nitro groups is 1. The lowest BCUT2D eigenvalue weighted by atomic mass is 10.0. The van der Waals surface area contributed by atoms with Crippen molar-refractivity contribution >= 4 is 11.5 Å². The Balaban J connectivity index is 2.58. The Morgan fingerprint density at radius 1 is 1.05 bits per heavy atom. The summed E-state index contributed by atoms with van der Waals surface area (Å²) in [5.74, 6) is -0.142. The van der Waals surface area contributed by atoms with E-state index < -0.39 is 4.92 Å². The fourth-order valence-electron chi connectivity index (χ4n) is 1.95. The van der Waals surface area contributed by atoms with Crippen molar-refractivity contribution < 1.29 is 19.2 Å². The van der Waals surface area contributed by atoms with Gasteiger partial charge < -0.3 is 9.47 Å². The van der Waals surface area contributed by atoms with E-state index in [1.165, 1.54) is 26.4 Å². The van der Waals surface area contributed by atoms with Crippen LogP contribution >= 0.6 is 0 Å². The minimum absolute atomic E-state index is 0.0140. The molecule has 108 valence electrons. The number of carbonyl (C=O) groups excluding carboxylic acids is 1. The second-order valence-corrected chi connectivity index (χ2v) is 4.18. The molecule has 0 aliphatic rings. The second-order valence-electron chi connectivity index (χ2n) is 4.18. The molecule has 0 aromatic heterocycles. The molecule has 0 N–H and O–H groups in total. The van der Waals surface area contributed by atoms with E-state index in [0.29, 0.717) is 5.56 Å². The normalized spacial score (nSPS) is 10.0. The summed E-state index contributed by atoms with van der Waals surface area (Å²) < 4.78 is 10.1. The van der Waals surface area contributed by atoms with Crippen LogP contribution < -0.4 is 9.47 Å². The summed E-state index contributed by atoms with van der Waals surface area (Å²) >= 11 is 0. The van der Waals surface area contributed by atoms with Crippen molar-refractivity contribution in [3.05, 3.63) is 63.7 Å². The third-order valence-electron chi connectivity index (χ3n) is 2.98. The summed E-state index contributed by atoms with van der Waals surface area (Å²) in [5, 5.41) is 11.0. The lowest BCUT2D eigenvalue weighted by molar-refractivity contribution is -0.385. The number of ether oxygens (including phenoxy) is 2. The predicted octanol–water partition coefficient (Wildman–Crippen LogP) is 2.84. The largest absolute Gasteiger partial charge is 0.496 e. The molecule has 0 saturated heterocycles. The molecule has 21 heavy (non-hydrogen) atoms. The Hall–Kier alpha value is -2.89. The molecule has 2 aromatic rings. The van der Waals surface area contributed by atoms with E-state index in [-0.39, 0.29) is 28.5 Å². The van der Waals surface area contributed by atoms with Gasteiger partial charge in [0.15, 0.2) is 11.5 Å². The number of hydrogen-bond acceptors (Lipinski definition) is 5. The Morgan fingerprint density at radius 2 is 1.67 bits per heavy atom. The van der Waals surface area contributed by atoms with Gasteiger partial charge >= 0.3 is 5.69 Å². The number of nitro benzene ring substituents is 1. The van der Waals surface area contributed by atoms with E-state index in [1.807, 2.05) is 0 Å². The molecule has 6 nitrogen and oxygen atoms in total. The molecule has 0 fully saturated rings. The van der Waals surface area contributed by atoms with Crippen LogP contribution in [0.1, 0.15) is 15.9 Å². The SMILES string of the molecule is COc1cc([N+](=O)[O-])c(OC)cc1C(=O)c1ccccc1. The molecular formula is C15H13NO5. The van der Waals surface area contributed by atoms with Crippen LogP contribution in [0.15, 0.2) is 42.5 Å². The van der Waals surface area contributed by atoms with Gasteiger partial charge in [0.25, 0.3) is 0 Å². The van der Waals surface area contributed by atoms with Gasteiger partial charge in [-0.1, -0.05) is 30.3 Å². The Bertz CT molecular complexity index is 682. The zero-order valence-electron chi connectivity index (χ0n) is 11.5. The van der Waals surface area contributed by atoms with Crippen LogP contribution in [0.4, 0.5) is 5.69 Å². The van der Waals surface area contributed by atoms with Gasteiger partial charge in [-0.25, -0.2) is 0 Å². The first-order valence-electron chi connectivity index (χ1n) is 6.08. The van der Waals surface area contributed by atoms with E-state index >= 15 is 0 Å². The fraction of sp³-hybridized carbons (Fsp3) is 0.133. The molecule has 0 aliphatic carbocycles. The Labute approximate surface area is 121 Å². The molecular weight excluding hydrogens is 274 g/mol. The molecule has 0 saturated carbocycles. The van der Waals surface area contributed by atoms with Crippen molar-refractivity contribution in [1.82, 2.24) is 0 Å². The highest BCUT2D eigenvalue weighted by Crippen LogP contribution is 2.35. The quantitative estimate of drug-likeness (QED) is 0.480. The Morgan fingerprint density at radius 3 is 2.19 bits per heavy atom. The number of nitrogens with zero attached hydrogens (tertiary/aromatic N) is 1. The lowest BCUT2D eigenvalue weighted by Crippen LogP contribution is -2.06. The van der Waals surface area contributed by atoms with Crippen LogP contribution in [0.2, 0.25) is 0 Å². The molecule has 2 aromatic carbocycles. The second kappa shape index (κ2) is 6.04. The number of rotatable bonds is 5. The average molecular weight is 287 g/mol. The highest BCUT2D eigenvalue weighted by molar-refractivity contribution is 6.11. The molecule has 6 heteroatoms. The van der Waals surface area contributed by atoms with Crippen LogP contribution in [-0.2, 0) is 0 Å². The monoisotopic (exact) mass is 287 g/mol. The number of hydrogen-bond donors (Lipinski definition) is 0. The molecule has 0 heterocycles. The third-order valence-corrected chi connectivity index (χ3v) is 2.98. The number of ketones is 1. The van der Waals surface area contributed by atoms with Crippen molar-refractivity contribution in [1.29, 1.82) is 0 Å². The summed E-state index contributed by atoms with van der Waals surface area (Å²) in [5.41, 5.74) is 0.428. The molecule has 0 radical (unpaired) electrons. The minimum atomic E-state index is -0.585. The van der Waals surface area contributed by atoms with Crippen molar-refractivity contribution in [2.24, 2.45) is 0 Å². The summed E-state index contributed by atoms with van der Waals surface area (Å²) in [6.07, 6.45) is 0. The lowest BCUT2D eigenvalue weighted by Gasteiger charge is -2.10. The van der Waals surface area contributed by atoms with Gasteiger partial charge in [-0.05, 0) is 0 Å². The van der Waals surface area contributed by atoms with E-state index in [2.05, 4.69) is 0 Å². The fourth-order valence-corrected chi connectivity index (χ4v) is 1.95. The van der Waals surface area contributed by atoms with E-state index in [1.54, 1.807) is 30.3 Å². The molecule has 0 atom stereocenters. The van der Waals surface area contributed by atoms with Gasteiger partial charge in [-0.3, -0.25) is 14.9 Å². The van der Waals surface area contributed by atoms with E-state index in [4.69, 9.17) is 9.47 Å². The van der Waals surface area contributed by atoms with Crippen LogP contribution in [-0.4, -0.2) is 24.9 Å². The first-order chi connectivity index (χ1) is 10.1. The highest BCUT2D eigenvalue weighted by atomic mass is 16.6. The van der Waals surface area contributed by atoms with Crippen LogP contribution in [0.3, 0.4) is 0 Å². The molecule has 0 amide bonds. The first kappa shape index (κ1) is 14.5. The maximum absolute atomic E-state index is 12.5. The number of benzene rings is 2. The molecule has 2 rings (SSSR count). The summed E-state index contributed by atoms with van der Waals surface area (Å²) in [4.78, 5) is 22.9. The van der Waals surface area contributed by atoms with Crippen molar-refractivity contribution in [2.75, 3.05) is 14.2 Å². The molecule has 0 spiro atoms. The smallest absolute Gasteiger partial charge is 0.314 e. The van der Waals surface area contributed by atoms with Gasteiger partial charge in [0.05, 0.1) is 30.8 Å². The number of carbonyl (C=O) groups is 1. The summed E-state index contributed by atoms with van der Waals surface area (Å²) in [6.45, 7) is 0. The minimum Gasteiger partial charge on any atom is -0.496 e. The maximum atomic E-state index is 12.5. The average Bonchev–Trinajstić information content (AvgIpc) is 2.53. The standard InChI is InChI=1S/C15H13NO5/c1-20-13-9-12(16(18)19)14(21-2)8-11(13)15(17)10-6-4-3-5-7-10/h3-9H,1-2H3. The molecule has 0 bridgehead atoms. The predicted molar refractivity (Wildman–Crippen MR) is 76.1 cm³/mol. The third kappa shape index (κ3) is 2.84. The molecule has 0 unspecified atom stereocenters. The summed E-state index contributed by atoms with van der Waals surface area (Å²) in [7, 11) is 2.67. The van der Waals surface area contributed by atoms with Crippen LogP contribution in [0.5, 0.6) is 11.5 Å². The zero-order valence-corrected chi connectivity index (χ0v) is 11.5. The van der Waals surface area contributed by atoms with Gasteiger partial charge in [-0.2, -0.15) is 0 Å². The maximum Gasteiger partial charge on any atom is 0.314 e. The van der Waals surface area contributed by atoms with Crippen molar-refractivity contribution in [2.45, 2.75) is 0 Å². The van der Waals surface area contributed by atoms with E-state index in [9.17, 15) is 14.9 Å². The topological polar surface area (TPSA) is 78.7 Å². The first-order valence-corrected chi connectivity index (χ1v) is 6.08. The van der Waals surface area contributed by atoms with E-state index in [0.717, 1.165) is 0 Å². The van der Waals surface area contributed by atoms with Crippen molar-refractivity contribution in [3.8, 4) is 11.5 Å². The van der Waals surface area contributed by atoms with Gasteiger partial charge in [0, 0.05) is 11.6 Å². The summed E-state index contributed by atoms with van der Waals surface area (Å²) in [6, 6.07) is 11.1. The van der Waals surface area contributed by atoms with Gasteiger partial charge in [0.1, 0.15) is 5.75 Å². The van der Waals surface area contributed by atoms with Gasteiger partial charge in [0.2, 0.25) is 0 Å². The highest BCUT2D eigenvalue weighted by Gasteiger charge is 2.23. The van der Waals surface area contributed by atoms with Crippen LogP contribution in [0.25, 0.3) is 0 Å². The van der Waals surface area contributed by atoms with Crippen LogP contribution in [0, 0.1) is 10.1 Å².